The van der Waals surface area contributed by atoms with Crippen LogP contribution in [0.3, 0.4) is 0 Å². The van der Waals surface area contributed by atoms with Crippen LogP contribution in [0.4, 0.5) is 11.4 Å². The van der Waals surface area contributed by atoms with Gasteiger partial charge in [-0.25, -0.2) is 0 Å². The molecule has 3 heterocycles. The average Bonchev–Trinajstić information content (AvgIpc) is 3.45. The molecule has 0 aliphatic carbocycles. The lowest BCUT2D eigenvalue weighted by Gasteiger charge is -2.29. The van der Waals surface area contributed by atoms with Gasteiger partial charge in [-0.15, -0.1) is 0 Å². The number of benzene rings is 2. The first kappa shape index (κ1) is 28.5. The number of hydrogen-bond donors (Lipinski definition) is 2. The normalized spacial score (nSPS) is 16.6. The van der Waals surface area contributed by atoms with Crippen LogP contribution in [0.5, 0.6) is 0 Å². The summed E-state index contributed by atoms with van der Waals surface area (Å²) in [4.78, 5) is 19.1. The number of rotatable bonds is 8. The van der Waals surface area contributed by atoms with Gasteiger partial charge < -0.3 is 24.8 Å². The zero-order chi connectivity index (χ0) is 29.3. The number of nitrogens with zero attached hydrogens (tertiary/aromatic N) is 3. The maximum Gasteiger partial charge on any atom is 0.250 e. The first-order valence-electron chi connectivity index (χ1n) is 13.9. The van der Waals surface area contributed by atoms with Gasteiger partial charge in [0.1, 0.15) is 6.61 Å². The van der Waals surface area contributed by atoms with Crippen LogP contribution in [0.15, 0.2) is 66.9 Å². The lowest BCUT2D eigenvalue weighted by Crippen LogP contribution is -2.29. The monoisotopic (exact) mass is 567 g/mol. The maximum absolute atomic E-state index is 12.2. The summed E-state index contributed by atoms with van der Waals surface area (Å²) in [6.45, 7) is 10.7. The molecule has 2 aromatic heterocycles. The molecule has 5 rings (SSSR count). The van der Waals surface area contributed by atoms with Crippen molar-refractivity contribution in [1.29, 1.82) is 0 Å². The number of carbonyl (C=O) groups is 1. The van der Waals surface area contributed by atoms with Gasteiger partial charge in [0, 0.05) is 36.1 Å². The highest BCUT2D eigenvalue weighted by Crippen LogP contribution is 2.44. The number of hydrogen-bond acceptors (Lipinski definition) is 4. The Kier molecular flexibility index (Phi) is 8.24. The van der Waals surface area contributed by atoms with E-state index >= 15 is 0 Å². The molecule has 0 bridgehead atoms. The molecule has 1 aliphatic heterocycles. The van der Waals surface area contributed by atoms with Crippen LogP contribution in [-0.4, -0.2) is 34.3 Å². The predicted molar refractivity (Wildman–Crippen MR) is 169 cm³/mol. The van der Waals surface area contributed by atoms with Crippen molar-refractivity contribution in [3.8, 4) is 5.69 Å². The Labute approximate surface area is 247 Å². The Balaban J connectivity index is 1.64. The molecule has 2 atom stereocenters. The molecule has 212 valence electrons. The molecule has 0 saturated carbocycles. The van der Waals surface area contributed by atoms with Crippen molar-refractivity contribution >= 4 is 34.6 Å². The summed E-state index contributed by atoms with van der Waals surface area (Å²) in [6.07, 6.45) is 2.78. The van der Waals surface area contributed by atoms with Crippen molar-refractivity contribution in [2.75, 3.05) is 23.9 Å². The molecule has 2 aromatic carbocycles. The second-order valence-electron chi connectivity index (χ2n) is 10.6. The fourth-order valence-corrected chi connectivity index (χ4v) is 6.31. The van der Waals surface area contributed by atoms with Crippen molar-refractivity contribution in [3.05, 3.63) is 106 Å². The third-order valence-electron chi connectivity index (χ3n) is 7.85. The number of anilines is 2. The molecule has 4 aromatic rings. The molecule has 1 amide bonds. The Bertz CT molecular complexity index is 1600. The minimum atomic E-state index is -0.190. The van der Waals surface area contributed by atoms with Gasteiger partial charge in [0.25, 0.3) is 0 Å². The molecular weight excluding hydrogens is 530 g/mol. The van der Waals surface area contributed by atoms with E-state index in [-0.39, 0.29) is 24.6 Å². The highest BCUT2D eigenvalue weighted by atomic mass is 32.1. The summed E-state index contributed by atoms with van der Waals surface area (Å²) < 4.78 is 7.36. The molecule has 8 heteroatoms. The Hall–Kier alpha value is -4.01. The first-order valence-corrected chi connectivity index (χ1v) is 14.3. The number of pyridine rings is 1. The van der Waals surface area contributed by atoms with E-state index in [1.165, 1.54) is 40.9 Å². The molecule has 1 fully saturated rings. The summed E-state index contributed by atoms with van der Waals surface area (Å²) in [5, 5.41) is 7.14. The number of thiocarbonyl (C=S) groups is 1. The molecule has 7 nitrogen and oxygen atoms in total. The number of aryl methyl sites for hydroxylation is 4. The standard InChI is InChI=1S/C33H37N5O2S/c1-7-24-12-10-11-20(2)31(24)37-22(4)18-26(23(37)5)32-30(28-13-8-9-16-34-28)36-33(41)38(32)25-14-15-27(21(3)17-25)35-29(39)19-40-6/h8-18,30,32H,7,19H2,1-6H3,(H,35,39)(H,36,41)/t30-,32-/m0/s1. The number of ether oxygens (including phenoxy) is 1. The van der Waals surface area contributed by atoms with E-state index in [2.05, 4.69) is 78.1 Å². The van der Waals surface area contributed by atoms with Crippen LogP contribution in [0.2, 0.25) is 0 Å². The van der Waals surface area contributed by atoms with Crippen LogP contribution in [0, 0.1) is 27.7 Å². The molecule has 0 unspecified atom stereocenters. The average molecular weight is 568 g/mol. The van der Waals surface area contributed by atoms with E-state index in [1.54, 1.807) is 0 Å². The van der Waals surface area contributed by atoms with Gasteiger partial charge in [0.2, 0.25) is 5.91 Å². The number of methoxy groups -OCH3 is 1. The zero-order valence-electron chi connectivity index (χ0n) is 24.5. The van der Waals surface area contributed by atoms with Crippen LogP contribution in [0.25, 0.3) is 5.69 Å². The van der Waals surface area contributed by atoms with E-state index in [0.29, 0.717) is 5.11 Å². The van der Waals surface area contributed by atoms with Crippen LogP contribution in [0.1, 0.15) is 58.3 Å². The van der Waals surface area contributed by atoms with Gasteiger partial charge in [0.05, 0.1) is 23.5 Å². The van der Waals surface area contributed by atoms with Gasteiger partial charge in [-0.3, -0.25) is 9.78 Å². The Morgan fingerprint density at radius 1 is 1.05 bits per heavy atom. The zero-order valence-corrected chi connectivity index (χ0v) is 25.3. The largest absolute Gasteiger partial charge is 0.375 e. The Morgan fingerprint density at radius 2 is 1.85 bits per heavy atom. The van der Waals surface area contributed by atoms with Crippen molar-refractivity contribution in [2.24, 2.45) is 0 Å². The molecule has 1 saturated heterocycles. The number of para-hydroxylation sites is 1. The van der Waals surface area contributed by atoms with Gasteiger partial charge >= 0.3 is 0 Å². The highest BCUT2D eigenvalue weighted by Gasteiger charge is 2.42. The third kappa shape index (κ3) is 5.37. The molecule has 41 heavy (non-hydrogen) atoms. The van der Waals surface area contributed by atoms with Crippen molar-refractivity contribution < 1.29 is 9.53 Å². The summed E-state index contributed by atoms with van der Waals surface area (Å²) in [7, 11) is 1.51. The number of carbonyl (C=O) groups excluding carboxylic acids is 1. The summed E-state index contributed by atoms with van der Waals surface area (Å²) in [5.41, 5.74) is 10.9. The minimum Gasteiger partial charge on any atom is -0.375 e. The van der Waals surface area contributed by atoms with E-state index < -0.39 is 0 Å². The number of aromatic nitrogens is 2. The number of nitrogens with one attached hydrogen (secondary N) is 2. The molecule has 0 spiro atoms. The summed E-state index contributed by atoms with van der Waals surface area (Å²) in [5.74, 6) is -0.190. The second-order valence-corrected chi connectivity index (χ2v) is 11.0. The quantitative estimate of drug-likeness (QED) is 0.239. The van der Waals surface area contributed by atoms with Gasteiger partial charge in [-0.1, -0.05) is 31.2 Å². The SMILES string of the molecule is CCc1cccc(C)c1-n1c(C)cc([C@H]2[C@H](c3ccccn3)NC(=S)N2c2ccc(NC(=O)COC)c(C)c2)c1C. The molecule has 2 N–H and O–H groups in total. The van der Waals surface area contributed by atoms with E-state index in [9.17, 15) is 4.79 Å². The molecule has 1 aliphatic rings. The summed E-state index contributed by atoms with van der Waals surface area (Å²) in [6, 6.07) is 20.5. The van der Waals surface area contributed by atoms with E-state index in [0.717, 1.165) is 29.1 Å². The van der Waals surface area contributed by atoms with Crippen molar-refractivity contribution in [1.82, 2.24) is 14.9 Å². The summed E-state index contributed by atoms with van der Waals surface area (Å²) >= 11 is 5.99. The smallest absolute Gasteiger partial charge is 0.250 e. The van der Waals surface area contributed by atoms with Gasteiger partial charge in [-0.2, -0.15) is 0 Å². The maximum atomic E-state index is 12.2. The lowest BCUT2D eigenvalue weighted by molar-refractivity contribution is -0.119. The number of amides is 1. The van der Waals surface area contributed by atoms with E-state index in [1.807, 2.05) is 43.5 Å². The topological polar surface area (TPSA) is 71.4 Å². The third-order valence-corrected chi connectivity index (χ3v) is 8.17. The highest BCUT2D eigenvalue weighted by molar-refractivity contribution is 7.80. The molecular formula is C33H37N5O2S. The van der Waals surface area contributed by atoms with Crippen LogP contribution in [-0.2, 0) is 16.0 Å². The second kappa shape index (κ2) is 11.8. The fraction of sp³-hybridized carbons (Fsp3) is 0.303. The van der Waals surface area contributed by atoms with Gasteiger partial charge in [0.15, 0.2) is 5.11 Å². The fourth-order valence-electron chi connectivity index (χ4n) is 5.96. The first-order chi connectivity index (χ1) is 19.7. The Morgan fingerprint density at radius 3 is 2.54 bits per heavy atom. The predicted octanol–water partition coefficient (Wildman–Crippen LogP) is 6.43. The lowest BCUT2D eigenvalue weighted by atomic mass is 9.96. The van der Waals surface area contributed by atoms with Crippen molar-refractivity contribution in [2.45, 2.75) is 53.1 Å². The molecule has 0 radical (unpaired) electrons. The van der Waals surface area contributed by atoms with Crippen LogP contribution >= 0.6 is 12.2 Å². The van der Waals surface area contributed by atoms with Crippen LogP contribution < -0.4 is 15.5 Å². The van der Waals surface area contributed by atoms with Crippen molar-refractivity contribution in [3.63, 3.8) is 0 Å². The van der Waals surface area contributed by atoms with Gasteiger partial charge in [-0.05, 0) is 105 Å². The van der Waals surface area contributed by atoms with E-state index in [4.69, 9.17) is 21.9 Å². The minimum absolute atomic E-state index is 0.00536.